The summed E-state index contributed by atoms with van der Waals surface area (Å²) in [5.74, 6) is 0.645. The van der Waals surface area contributed by atoms with E-state index in [0.717, 1.165) is 16.7 Å². The molecule has 0 radical (unpaired) electrons. The number of hydrogen-bond acceptors (Lipinski definition) is 7. The summed E-state index contributed by atoms with van der Waals surface area (Å²) in [5, 5.41) is 7.71. The second-order valence-electron chi connectivity index (χ2n) is 6.23. The van der Waals surface area contributed by atoms with Gasteiger partial charge in [-0.1, -0.05) is 11.2 Å². The van der Waals surface area contributed by atoms with Gasteiger partial charge in [0, 0.05) is 23.8 Å². The molecule has 1 aromatic carbocycles. The summed E-state index contributed by atoms with van der Waals surface area (Å²) in [4.78, 5) is 27.9. The van der Waals surface area contributed by atoms with E-state index in [1.165, 1.54) is 11.3 Å². The van der Waals surface area contributed by atoms with Gasteiger partial charge in [-0.2, -0.15) is 16.3 Å². The number of carbonyl (C=O) groups excluding carboxylic acids is 2. The van der Waals surface area contributed by atoms with Gasteiger partial charge in [-0.05, 0) is 48.6 Å². The number of hydrazine groups is 1. The van der Waals surface area contributed by atoms with E-state index >= 15 is 0 Å². The zero-order valence-electron chi connectivity index (χ0n) is 15.5. The van der Waals surface area contributed by atoms with Crippen LogP contribution >= 0.6 is 11.3 Å². The number of nitrogens with one attached hydrogen (secondary N) is 2. The second kappa shape index (κ2) is 9.14. The molecule has 2 heterocycles. The topological polar surface area (TPSA) is 106 Å². The molecule has 3 aromatic rings. The first kappa shape index (κ1) is 19.6. The first-order chi connectivity index (χ1) is 13.5. The number of ether oxygens (including phenoxy) is 1. The molecule has 0 aliphatic rings. The fourth-order valence-corrected chi connectivity index (χ4v) is 3.12. The number of aromatic nitrogens is 2. The van der Waals surface area contributed by atoms with Crippen LogP contribution in [-0.4, -0.2) is 28.6 Å². The fraction of sp³-hybridized carbons (Fsp3) is 0.263. The molecule has 0 atom stereocenters. The highest BCUT2D eigenvalue weighted by molar-refractivity contribution is 7.08. The lowest BCUT2D eigenvalue weighted by Gasteiger charge is -2.09. The predicted molar refractivity (Wildman–Crippen MR) is 104 cm³/mol. The van der Waals surface area contributed by atoms with E-state index in [4.69, 9.17) is 9.26 Å². The van der Waals surface area contributed by atoms with Crippen LogP contribution in [-0.2, 0) is 16.0 Å². The molecular weight excluding hydrogens is 380 g/mol. The molecule has 0 unspecified atom stereocenters. The molecule has 0 fully saturated rings. The van der Waals surface area contributed by atoms with Crippen molar-refractivity contribution >= 4 is 23.2 Å². The van der Waals surface area contributed by atoms with Gasteiger partial charge in [-0.25, -0.2) is 0 Å². The van der Waals surface area contributed by atoms with E-state index in [9.17, 15) is 9.59 Å². The maximum absolute atomic E-state index is 11.9. The molecule has 2 amide bonds. The first-order valence-corrected chi connectivity index (χ1v) is 9.58. The number of thiophene rings is 1. The van der Waals surface area contributed by atoms with E-state index in [1.54, 1.807) is 0 Å². The van der Waals surface area contributed by atoms with Crippen LogP contribution in [0, 0.1) is 13.8 Å². The lowest BCUT2D eigenvalue weighted by molar-refractivity contribution is -0.130. The van der Waals surface area contributed by atoms with Crippen LogP contribution in [0.15, 0.2) is 39.5 Å². The van der Waals surface area contributed by atoms with Gasteiger partial charge in [0.2, 0.25) is 17.6 Å². The Kier molecular flexibility index (Phi) is 6.38. The van der Waals surface area contributed by atoms with Crippen molar-refractivity contribution in [2.45, 2.75) is 26.7 Å². The minimum atomic E-state index is -0.454. The number of aryl methyl sites for hydroxylation is 3. The van der Waals surface area contributed by atoms with Crippen molar-refractivity contribution in [2.75, 3.05) is 6.61 Å². The third-order valence-corrected chi connectivity index (χ3v) is 4.40. The van der Waals surface area contributed by atoms with Crippen LogP contribution in [0.2, 0.25) is 0 Å². The molecule has 9 heteroatoms. The highest BCUT2D eigenvalue weighted by Crippen LogP contribution is 2.19. The Bertz CT molecular complexity index is 933. The molecule has 2 N–H and O–H groups in total. The molecule has 0 bridgehead atoms. The number of benzene rings is 1. The number of hydrogen-bond donors (Lipinski definition) is 2. The smallest absolute Gasteiger partial charge is 0.276 e. The van der Waals surface area contributed by atoms with Crippen molar-refractivity contribution in [1.82, 2.24) is 21.0 Å². The third kappa shape index (κ3) is 5.65. The summed E-state index contributed by atoms with van der Waals surface area (Å²) in [5.41, 5.74) is 7.63. The number of nitrogens with zero attached hydrogens (tertiary/aromatic N) is 2. The van der Waals surface area contributed by atoms with Gasteiger partial charge >= 0.3 is 0 Å². The maximum atomic E-state index is 11.9. The highest BCUT2D eigenvalue weighted by atomic mass is 32.1. The molecule has 0 aliphatic heterocycles. The Hall–Kier alpha value is -3.20. The molecule has 0 spiro atoms. The Balaban J connectivity index is 1.37. The maximum Gasteiger partial charge on any atom is 0.276 e. The van der Waals surface area contributed by atoms with Crippen LogP contribution in [0.3, 0.4) is 0 Å². The Morgan fingerprint density at radius 3 is 2.61 bits per heavy atom. The highest BCUT2D eigenvalue weighted by Gasteiger charge is 2.12. The van der Waals surface area contributed by atoms with Gasteiger partial charge in [-0.3, -0.25) is 20.4 Å². The van der Waals surface area contributed by atoms with Gasteiger partial charge in [0.1, 0.15) is 5.75 Å². The van der Waals surface area contributed by atoms with E-state index < -0.39 is 5.91 Å². The quantitative estimate of drug-likeness (QED) is 0.591. The first-order valence-electron chi connectivity index (χ1n) is 8.63. The van der Waals surface area contributed by atoms with Crippen molar-refractivity contribution in [3.63, 3.8) is 0 Å². The molecule has 0 aliphatic carbocycles. The number of amides is 2. The molecule has 2 aromatic heterocycles. The molecule has 8 nitrogen and oxygen atoms in total. The average Bonchev–Trinajstić information content (AvgIpc) is 3.33. The van der Waals surface area contributed by atoms with E-state index in [-0.39, 0.29) is 25.4 Å². The van der Waals surface area contributed by atoms with Gasteiger partial charge in [0.05, 0.1) is 0 Å². The lowest BCUT2D eigenvalue weighted by atomic mass is 10.1. The van der Waals surface area contributed by atoms with Crippen molar-refractivity contribution < 1.29 is 18.8 Å². The van der Waals surface area contributed by atoms with Gasteiger partial charge in [-0.15, -0.1) is 0 Å². The van der Waals surface area contributed by atoms with Crippen LogP contribution < -0.4 is 15.6 Å². The zero-order valence-corrected chi connectivity index (χ0v) is 16.3. The summed E-state index contributed by atoms with van der Waals surface area (Å²) in [6.45, 7) is 3.70. The van der Waals surface area contributed by atoms with Crippen molar-refractivity contribution in [1.29, 1.82) is 0 Å². The Labute approximate surface area is 165 Å². The monoisotopic (exact) mass is 400 g/mol. The fourth-order valence-electron chi connectivity index (χ4n) is 2.49. The second-order valence-corrected chi connectivity index (χ2v) is 7.01. The lowest BCUT2D eigenvalue weighted by Crippen LogP contribution is -2.43. The normalized spacial score (nSPS) is 10.5. The Morgan fingerprint density at radius 2 is 1.89 bits per heavy atom. The summed E-state index contributed by atoms with van der Waals surface area (Å²) < 4.78 is 10.6. The molecule has 28 heavy (non-hydrogen) atoms. The van der Waals surface area contributed by atoms with Crippen molar-refractivity contribution in [3.8, 4) is 17.1 Å². The largest absolute Gasteiger partial charge is 0.484 e. The van der Waals surface area contributed by atoms with Gasteiger partial charge in [0.15, 0.2) is 6.61 Å². The predicted octanol–water partition coefficient (Wildman–Crippen LogP) is 2.57. The van der Waals surface area contributed by atoms with E-state index in [1.807, 2.05) is 48.9 Å². The van der Waals surface area contributed by atoms with Crippen molar-refractivity contribution in [3.05, 3.63) is 52.0 Å². The summed E-state index contributed by atoms with van der Waals surface area (Å²) in [6, 6.07) is 7.59. The molecule has 0 saturated carbocycles. The summed E-state index contributed by atoms with van der Waals surface area (Å²) in [6.07, 6.45) is 0.376. The van der Waals surface area contributed by atoms with Crippen LogP contribution in [0.25, 0.3) is 11.4 Å². The molecular formula is C19H20N4O4S. The minimum absolute atomic E-state index is 0.101. The van der Waals surface area contributed by atoms with Crippen LogP contribution in [0.5, 0.6) is 5.75 Å². The number of carbonyl (C=O) groups is 2. The van der Waals surface area contributed by atoms with Gasteiger partial charge in [0.25, 0.3) is 5.91 Å². The summed E-state index contributed by atoms with van der Waals surface area (Å²) in [7, 11) is 0. The van der Waals surface area contributed by atoms with Crippen LogP contribution in [0.4, 0.5) is 0 Å². The molecule has 3 rings (SSSR count). The summed E-state index contributed by atoms with van der Waals surface area (Å²) >= 11 is 1.54. The molecule has 0 saturated heterocycles. The van der Waals surface area contributed by atoms with Crippen molar-refractivity contribution in [2.24, 2.45) is 0 Å². The van der Waals surface area contributed by atoms with Gasteiger partial charge < -0.3 is 9.26 Å². The minimum Gasteiger partial charge on any atom is -0.484 e. The average molecular weight is 400 g/mol. The van der Waals surface area contributed by atoms with E-state index in [0.29, 0.717) is 17.5 Å². The zero-order chi connectivity index (χ0) is 19.9. The molecule has 146 valence electrons. The van der Waals surface area contributed by atoms with E-state index in [2.05, 4.69) is 21.0 Å². The Morgan fingerprint density at radius 1 is 1.14 bits per heavy atom. The SMILES string of the molecule is Cc1cc(C)cc(OCC(=O)NNC(=O)CCc2nc(-c3ccsc3)no2)c1. The number of rotatable bonds is 7. The standard InChI is InChI=1S/C19H20N4O4S/c1-12-7-13(2)9-15(8-12)26-10-17(25)22-21-16(24)3-4-18-20-19(23-27-18)14-5-6-28-11-14/h5-9,11H,3-4,10H2,1-2H3,(H,21,24)(H,22,25). The third-order valence-electron chi connectivity index (χ3n) is 3.72. The van der Waals surface area contributed by atoms with Crippen LogP contribution in [0.1, 0.15) is 23.4 Å².